The van der Waals surface area contributed by atoms with Gasteiger partial charge in [0.1, 0.15) is 5.82 Å². The number of benzene rings is 1. The Balaban J connectivity index is 2.59. The fourth-order valence-corrected chi connectivity index (χ4v) is 2.00. The van der Waals surface area contributed by atoms with Crippen molar-refractivity contribution in [3.05, 3.63) is 42.0 Å². The van der Waals surface area contributed by atoms with Crippen LogP contribution in [0.1, 0.15) is 30.0 Å². The minimum Gasteiger partial charge on any atom is -0.462 e. The van der Waals surface area contributed by atoms with Crippen LogP contribution in [0.25, 0.3) is 5.69 Å². The Labute approximate surface area is 112 Å². The van der Waals surface area contributed by atoms with Crippen molar-refractivity contribution in [3.8, 4) is 5.69 Å². The molecule has 1 heterocycles. The van der Waals surface area contributed by atoms with Gasteiger partial charge < -0.3 is 15.0 Å². The molecule has 0 bridgehead atoms. The molecule has 0 unspecified atom stereocenters. The Morgan fingerprint density at radius 2 is 2.21 bits per heavy atom. The van der Waals surface area contributed by atoms with Gasteiger partial charge in [-0.1, -0.05) is 13.0 Å². The normalized spacial score (nSPS) is 10.4. The molecule has 5 nitrogen and oxygen atoms in total. The van der Waals surface area contributed by atoms with E-state index in [1.54, 1.807) is 37.5 Å². The Morgan fingerprint density at radius 1 is 1.42 bits per heavy atom. The summed E-state index contributed by atoms with van der Waals surface area (Å²) in [6.07, 6.45) is 4.25. The number of hydrogen-bond acceptors (Lipinski definition) is 4. The van der Waals surface area contributed by atoms with E-state index in [9.17, 15) is 4.79 Å². The number of carbonyl (C=O) groups is 1. The van der Waals surface area contributed by atoms with Gasteiger partial charge in [0.05, 0.1) is 23.5 Å². The number of aryl methyl sites for hydroxylation is 1. The molecule has 2 aromatic rings. The van der Waals surface area contributed by atoms with E-state index in [2.05, 4.69) is 4.98 Å². The van der Waals surface area contributed by atoms with E-state index in [1.807, 2.05) is 11.5 Å². The largest absolute Gasteiger partial charge is 0.462 e. The van der Waals surface area contributed by atoms with Gasteiger partial charge in [-0.15, -0.1) is 0 Å². The number of para-hydroxylation sites is 1. The summed E-state index contributed by atoms with van der Waals surface area (Å²) in [4.78, 5) is 16.3. The molecule has 0 aliphatic rings. The first-order valence-corrected chi connectivity index (χ1v) is 6.27. The SMILES string of the molecule is CCOC(=O)c1cccc(N)c1-n1ccnc1CC. The molecule has 0 spiro atoms. The van der Waals surface area contributed by atoms with Gasteiger partial charge in [-0.05, 0) is 19.1 Å². The molecule has 0 aliphatic heterocycles. The van der Waals surface area contributed by atoms with Crippen molar-refractivity contribution in [2.24, 2.45) is 0 Å². The van der Waals surface area contributed by atoms with Crippen molar-refractivity contribution in [2.75, 3.05) is 12.3 Å². The summed E-state index contributed by atoms with van der Waals surface area (Å²) in [6, 6.07) is 5.22. The molecule has 0 amide bonds. The van der Waals surface area contributed by atoms with E-state index in [0.717, 1.165) is 12.2 Å². The molecule has 0 saturated heterocycles. The van der Waals surface area contributed by atoms with Crippen LogP contribution in [0, 0.1) is 0 Å². The van der Waals surface area contributed by atoms with Crippen LogP contribution in [0.2, 0.25) is 0 Å². The first kappa shape index (κ1) is 13.1. The van der Waals surface area contributed by atoms with Crippen LogP contribution in [0.3, 0.4) is 0 Å². The average molecular weight is 259 g/mol. The zero-order valence-corrected chi connectivity index (χ0v) is 11.1. The highest BCUT2D eigenvalue weighted by atomic mass is 16.5. The lowest BCUT2D eigenvalue weighted by atomic mass is 10.1. The first-order valence-electron chi connectivity index (χ1n) is 6.27. The average Bonchev–Trinajstić information content (AvgIpc) is 2.86. The second-order valence-corrected chi connectivity index (χ2v) is 4.03. The summed E-state index contributed by atoms with van der Waals surface area (Å²) < 4.78 is 6.90. The minimum atomic E-state index is -0.374. The van der Waals surface area contributed by atoms with Crippen LogP contribution in [0.15, 0.2) is 30.6 Å². The topological polar surface area (TPSA) is 70.1 Å². The van der Waals surface area contributed by atoms with Crippen LogP contribution in [0.5, 0.6) is 0 Å². The number of nitrogen functional groups attached to an aromatic ring is 1. The molecule has 0 saturated carbocycles. The van der Waals surface area contributed by atoms with Crippen LogP contribution in [-0.4, -0.2) is 22.1 Å². The predicted molar refractivity (Wildman–Crippen MR) is 73.3 cm³/mol. The zero-order chi connectivity index (χ0) is 13.8. The minimum absolute atomic E-state index is 0.331. The van der Waals surface area contributed by atoms with E-state index < -0.39 is 0 Å². The highest BCUT2D eigenvalue weighted by molar-refractivity contribution is 5.96. The van der Waals surface area contributed by atoms with Crippen molar-refractivity contribution >= 4 is 11.7 Å². The summed E-state index contributed by atoms with van der Waals surface area (Å²) in [7, 11) is 0. The number of rotatable bonds is 4. The summed E-state index contributed by atoms with van der Waals surface area (Å²) in [5.41, 5.74) is 7.63. The zero-order valence-electron chi connectivity index (χ0n) is 11.1. The van der Waals surface area contributed by atoms with E-state index in [1.165, 1.54) is 0 Å². The van der Waals surface area contributed by atoms with Gasteiger partial charge in [0.25, 0.3) is 0 Å². The Morgan fingerprint density at radius 3 is 2.89 bits per heavy atom. The van der Waals surface area contributed by atoms with Crippen molar-refractivity contribution < 1.29 is 9.53 Å². The molecular formula is C14H17N3O2. The second-order valence-electron chi connectivity index (χ2n) is 4.03. The van der Waals surface area contributed by atoms with Crippen LogP contribution >= 0.6 is 0 Å². The lowest BCUT2D eigenvalue weighted by molar-refractivity contribution is 0.0526. The number of hydrogen-bond donors (Lipinski definition) is 1. The lowest BCUT2D eigenvalue weighted by Gasteiger charge is -2.14. The summed E-state index contributed by atoms with van der Waals surface area (Å²) in [5.74, 6) is 0.476. The highest BCUT2D eigenvalue weighted by Gasteiger charge is 2.17. The highest BCUT2D eigenvalue weighted by Crippen LogP contribution is 2.24. The van der Waals surface area contributed by atoms with E-state index in [0.29, 0.717) is 23.5 Å². The third-order valence-electron chi connectivity index (χ3n) is 2.84. The summed E-state index contributed by atoms with van der Waals surface area (Å²) in [5, 5.41) is 0. The van der Waals surface area contributed by atoms with Crippen molar-refractivity contribution in [2.45, 2.75) is 20.3 Å². The lowest BCUT2D eigenvalue weighted by Crippen LogP contribution is -2.12. The molecular weight excluding hydrogens is 242 g/mol. The number of imidazole rings is 1. The fourth-order valence-electron chi connectivity index (χ4n) is 2.00. The van der Waals surface area contributed by atoms with E-state index in [-0.39, 0.29) is 5.97 Å². The molecule has 0 radical (unpaired) electrons. The van der Waals surface area contributed by atoms with Gasteiger partial charge in [-0.3, -0.25) is 0 Å². The second kappa shape index (κ2) is 5.56. The quantitative estimate of drug-likeness (QED) is 0.675. The van der Waals surface area contributed by atoms with Crippen molar-refractivity contribution in [3.63, 3.8) is 0 Å². The number of carbonyl (C=O) groups excluding carboxylic acids is 1. The summed E-state index contributed by atoms with van der Waals surface area (Å²) in [6.45, 7) is 4.11. The monoisotopic (exact) mass is 259 g/mol. The molecule has 5 heteroatoms. The maximum Gasteiger partial charge on any atom is 0.340 e. The maximum atomic E-state index is 12.0. The number of aromatic nitrogens is 2. The molecule has 0 atom stereocenters. The van der Waals surface area contributed by atoms with Gasteiger partial charge in [0, 0.05) is 18.8 Å². The van der Waals surface area contributed by atoms with Gasteiger partial charge >= 0.3 is 5.97 Å². The Kier molecular flexibility index (Phi) is 3.85. The van der Waals surface area contributed by atoms with E-state index in [4.69, 9.17) is 10.5 Å². The number of esters is 1. The number of anilines is 1. The van der Waals surface area contributed by atoms with Gasteiger partial charge in [-0.25, -0.2) is 9.78 Å². The predicted octanol–water partition coefficient (Wildman–Crippen LogP) is 2.19. The maximum absolute atomic E-state index is 12.0. The van der Waals surface area contributed by atoms with Gasteiger partial charge in [-0.2, -0.15) is 0 Å². The van der Waals surface area contributed by atoms with Crippen LogP contribution in [-0.2, 0) is 11.2 Å². The molecule has 2 N–H and O–H groups in total. The molecule has 19 heavy (non-hydrogen) atoms. The molecule has 1 aromatic carbocycles. The number of ether oxygens (including phenoxy) is 1. The molecule has 1 aromatic heterocycles. The summed E-state index contributed by atoms with van der Waals surface area (Å²) >= 11 is 0. The standard InChI is InChI=1S/C14H17N3O2/c1-3-12-16-8-9-17(12)13-10(14(18)19-4-2)6-5-7-11(13)15/h5-9H,3-4,15H2,1-2H3. The number of nitrogens with two attached hydrogens (primary N) is 1. The Bertz CT molecular complexity index is 590. The van der Waals surface area contributed by atoms with Crippen LogP contribution < -0.4 is 5.73 Å². The van der Waals surface area contributed by atoms with Gasteiger partial charge in [0.15, 0.2) is 0 Å². The van der Waals surface area contributed by atoms with Crippen molar-refractivity contribution in [1.29, 1.82) is 0 Å². The van der Waals surface area contributed by atoms with E-state index >= 15 is 0 Å². The van der Waals surface area contributed by atoms with Crippen molar-refractivity contribution in [1.82, 2.24) is 9.55 Å². The molecule has 100 valence electrons. The third kappa shape index (κ3) is 2.45. The molecule has 2 rings (SSSR count). The third-order valence-corrected chi connectivity index (χ3v) is 2.84. The Hall–Kier alpha value is -2.30. The van der Waals surface area contributed by atoms with Crippen LogP contribution in [0.4, 0.5) is 5.69 Å². The van der Waals surface area contributed by atoms with Gasteiger partial charge in [0.2, 0.25) is 0 Å². The number of nitrogens with zero attached hydrogens (tertiary/aromatic N) is 2. The molecule has 0 aliphatic carbocycles. The first-order chi connectivity index (χ1) is 9.19. The molecule has 0 fully saturated rings. The fraction of sp³-hybridized carbons (Fsp3) is 0.286. The smallest absolute Gasteiger partial charge is 0.340 e.